The largest absolute Gasteiger partial charge is 0.480 e. The maximum atomic E-state index is 11.9. The summed E-state index contributed by atoms with van der Waals surface area (Å²) in [7, 11) is 1.30. The number of likely N-dealkylation sites (tertiary alicyclic amines) is 1. The van der Waals surface area contributed by atoms with E-state index in [0.717, 1.165) is 39.0 Å². The number of amides is 4. The van der Waals surface area contributed by atoms with Gasteiger partial charge in [0.25, 0.3) is 0 Å². The van der Waals surface area contributed by atoms with E-state index in [0.29, 0.717) is 19.1 Å². The maximum Gasteiger partial charge on any atom is 0.407 e. The lowest BCUT2D eigenvalue weighted by Crippen LogP contribution is -2.47. The molecule has 1 saturated carbocycles. The highest BCUT2D eigenvalue weighted by Crippen LogP contribution is 2.41. The Bertz CT molecular complexity index is 1170. The van der Waals surface area contributed by atoms with Gasteiger partial charge >= 0.3 is 12.1 Å². The molecule has 0 atom stereocenters. The monoisotopic (exact) mass is 727 g/mol. The number of aliphatic carboxylic acids is 1. The van der Waals surface area contributed by atoms with Crippen LogP contribution in [-0.2, 0) is 33.4 Å². The van der Waals surface area contributed by atoms with Gasteiger partial charge in [0.15, 0.2) is 5.78 Å². The molecule has 2 heterocycles. The van der Waals surface area contributed by atoms with Gasteiger partial charge in [-0.15, -0.1) is 0 Å². The number of nitrogens with zero attached hydrogens (tertiary/aromatic N) is 3. The van der Waals surface area contributed by atoms with E-state index < -0.39 is 28.4 Å². The summed E-state index contributed by atoms with van der Waals surface area (Å²) < 4.78 is 9.66. The maximum absolute atomic E-state index is 11.9. The fraction of sp³-hybridized carbons (Fsp3) is 0.842. The molecular weight excluding hydrogens is 656 g/mol. The smallest absolute Gasteiger partial charge is 0.407 e. The van der Waals surface area contributed by atoms with Crippen molar-refractivity contribution in [2.45, 2.75) is 134 Å². The summed E-state index contributed by atoms with van der Waals surface area (Å²) in [5, 5.41) is 11.3. The molecule has 0 spiro atoms. The second-order valence-corrected chi connectivity index (χ2v) is 17.9. The van der Waals surface area contributed by atoms with E-state index in [4.69, 9.17) is 9.84 Å². The molecule has 13 nitrogen and oxygen atoms in total. The van der Waals surface area contributed by atoms with Crippen LogP contribution in [0.5, 0.6) is 0 Å². The first kappa shape index (κ1) is 47.8. The van der Waals surface area contributed by atoms with Gasteiger partial charge in [0.2, 0.25) is 17.7 Å². The molecule has 13 heteroatoms. The summed E-state index contributed by atoms with van der Waals surface area (Å²) in [6, 6.07) is -0.0853. The van der Waals surface area contributed by atoms with Crippen molar-refractivity contribution < 1.29 is 43.3 Å². The quantitative estimate of drug-likeness (QED) is 0.378. The molecule has 2 aliphatic heterocycles. The molecule has 0 bridgehead atoms. The summed E-state index contributed by atoms with van der Waals surface area (Å²) in [6.07, 6.45) is 3.28. The molecule has 3 rings (SSSR count). The fourth-order valence-electron chi connectivity index (χ4n) is 5.20. The van der Waals surface area contributed by atoms with Gasteiger partial charge in [-0.2, -0.15) is 0 Å². The van der Waals surface area contributed by atoms with E-state index in [1.807, 2.05) is 86.0 Å². The fourth-order valence-corrected chi connectivity index (χ4v) is 5.20. The van der Waals surface area contributed by atoms with Crippen molar-refractivity contribution in [3.05, 3.63) is 0 Å². The van der Waals surface area contributed by atoms with Crippen molar-refractivity contribution >= 4 is 35.6 Å². The topological polar surface area (TPSA) is 163 Å². The minimum Gasteiger partial charge on any atom is -0.480 e. The Labute approximate surface area is 307 Å². The van der Waals surface area contributed by atoms with Gasteiger partial charge in [0, 0.05) is 53.9 Å². The Morgan fingerprint density at radius 3 is 1.43 bits per heavy atom. The first-order valence-corrected chi connectivity index (χ1v) is 18.1. The standard InChI is InChI=1S/C10H17NO3.C10H19NO3.C9H17NO2.C9H17NO/c1-9(2,3)7(12)10(5-6-10)11-8(13)14-4;1-7(2)11(6-8(12)13)9(14)10(3,4)5;1-9(2,3)8(11)10-4-6-12-7-5-10;1-9(2,3)8(11)10-6-4-5-7-10/h5-6H2,1-4H3,(H,11,13);7H,6H2,1-5H3,(H,12,13);4-7H2,1-3H3;4-7H2,1-3H3. The number of ketones is 1. The minimum atomic E-state index is -0.976. The first-order chi connectivity index (χ1) is 23.0. The number of hydrogen-bond acceptors (Lipinski definition) is 8. The van der Waals surface area contributed by atoms with Crippen molar-refractivity contribution in [2.75, 3.05) is 53.0 Å². The zero-order valence-electron chi connectivity index (χ0n) is 34.4. The van der Waals surface area contributed by atoms with Crippen molar-refractivity contribution in [1.82, 2.24) is 20.0 Å². The van der Waals surface area contributed by atoms with Crippen LogP contribution < -0.4 is 5.32 Å². The molecule has 3 aliphatic rings. The predicted molar refractivity (Wildman–Crippen MR) is 198 cm³/mol. The van der Waals surface area contributed by atoms with Crippen molar-refractivity contribution in [3.8, 4) is 0 Å². The molecule has 0 unspecified atom stereocenters. The molecule has 2 N–H and O–H groups in total. The highest BCUT2D eigenvalue weighted by atomic mass is 16.5. The van der Waals surface area contributed by atoms with Crippen LogP contribution in [0.1, 0.15) is 123 Å². The summed E-state index contributed by atoms with van der Waals surface area (Å²) >= 11 is 0. The Morgan fingerprint density at radius 2 is 1.14 bits per heavy atom. The molecule has 1 aliphatic carbocycles. The minimum absolute atomic E-state index is 0.0791. The molecule has 0 radical (unpaired) electrons. The number of carbonyl (C=O) groups excluding carboxylic acids is 5. The van der Waals surface area contributed by atoms with Crippen LogP contribution in [0.25, 0.3) is 0 Å². The summed E-state index contributed by atoms with van der Waals surface area (Å²) in [4.78, 5) is 73.8. The predicted octanol–water partition coefficient (Wildman–Crippen LogP) is 5.39. The van der Waals surface area contributed by atoms with Gasteiger partial charge in [0.05, 0.1) is 20.3 Å². The lowest BCUT2D eigenvalue weighted by molar-refractivity contribution is -0.150. The number of carboxylic acids is 1. The van der Waals surface area contributed by atoms with E-state index in [1.165, 1.54) is 24.9 Å². The lowest BCUT2D eigenvalue weighted by atomic mass is 9.85. The number of methoxy groups -OCH3 is 1. The Balaban J connectivity index is 0.000000656. The molecule has 51 heavy (non-hydrogen) atoms. The number of carbonyl (C=O) groups is 6. The van der Waals surface area contributed by atoms with Crippen LogP contribution in [0.2, 0.25) is 0 Å². The molecule has 0 aromatic heterocycles. The molecule has 0 aromatic carbocycles. The number of rotatable bonds is 5. The van der Waals surface area contributed by atoms with Crippen LogP contribution in [0.4, 0.5) is 4.79 Å². The van der Waals surface area contributed by atoms with Crippen LogP contribution in [0, 0.1) is 21.7 Å². The van der Waals surface area contributed by atoms with Gasteiger partial charge in [-0.1, -0.05) is 83.1 Å². The lowest BCUT2D eigenvalue weighted by Gasteiger charge is -2.32. The number of nitrogens with one attached hydrogen (secondary N) is 1. The van der Waals surface area contributed by atoms with Gasteiger partial charge in [-0.25, -0.2) is 4.79 Å². The molecular formula is C38H70N4O9. The van der Waals surface area contributed by atoms with Crippen LogP contribution in [0.3, 0.4) is 0 Å². The molecule has 4 amide bonds. The number of morpholine rings is 1. The van der Waals surface area contributed by atoms with Crippen molar-refractivity contribution in [3.63, 3.8) is 0 Å². The van der Waals surface area contributed by atoms with E-state index in [9.17, 15) is 28.8 Å². The normalized spacial score (nSPS) is 16.9. The second-order valence-electron chi connectivity index (χ2n) is 17.9. The van der Waals surface area contributed by atoms with Gasteiger partial charge in [-0.05, 0) is 39.5 Å². The average Bonchev–Trinajstić information content (AvgIpc) is 3.56. The molecule has 3 fully saturated rings. The van der Waals surface area contributed by atoms with E-state index in [1.54, 1.807) is 20.8 Å². The average molecular weight is 727 g/mol. The molecule has 0 aromatic rings. The van der Waals surface area contributed by atoms with E-state index in [-0.39, 0.29) is 41.0 Å². The Hall–Kier alpha value is -3.22. The first-order valence-electron chi connectivity index (χ1n) is 18.1. The van der Waals surface area contributed by atoms with Crippen LogP contribution >= 0.6 is 0 Å². The number of ether oxygens (including phenoxy) is 2. The third kappa shape index (κ3) is 17.2. The summed E-state index contributed by atoms with van der Waals surface area (Å²) in [5.41, 5.74) is -2.04. The third-order valence-corrected chi connectivity index (χ3v) is 8.20. The zero-order valence-corrected chi connectivity index (χ0v) is 34.4. The van der Waals surface area contributed by atoms with Gasteiger partial charge < -0.3 is 34.6 Å². The number of Topliss-reactive ketones (excluding diaryl/α,β-unsaturated/α-hetero) is 1. The Morgan fingerprint density at radius 1 is 0.725 bits per heavy atom. The number of carboxylic acid groups (broad SMARTS) is 1. The van der Waals surface area contributed by atoms with E-state index in [2.05, 4.69) is 10.1 Å². The molecule has 296 valence electrons. The highest BCUT2D eigenvalue weighted by Gasteiger charge is 2.54. The van der Waals surface area contributed by atoms with E-state index >= 15 is 0 Å². The second kappa shape index (κ2) is 19.6. The third-order valence-electron chi connectivity index (χ3n) is 8.20. The molecule has 2 saturated heterocycles. The summed E-state index contributed by atoms with van der Waals surface area (Å²) in [5.74, 6) is -0.498. The van der Waals surface area contributed by atoms with Gasteiger partial charge in [-0.3, -0.25) is 24.0 Å². The van der Waals surface area contributed by atoms with Crippen LogP contribution in [0.15, 0.2) is 0 Å². The zero-order chi connectivity index (χ0) is 40.2. The highest BCUT2D eigenvalue weighted by molar-refractivity contribution is 5.97. The van der Waals surface area contributed by atoms with Crippen molar-refractivity contribution in [1.29, 1.82) is 0 Å². The summed E-state index contributed by atoms with van der Waals surface area (Å²) in [6.45, 7) is 30.9. The number of alkyl carbamates (subject to hydrolysis) is 1. The van der Waals surface area contributed by atoms with Crippen molar-refractivity contribution in [2.24, 2.45) is 21.7 Å². The number of hydrogen-bond donors (Lipinski definition) is 2. The Kier molecular flexibility index (Phi) is 18.3. The SMILES string of the molecule is CC(C)(C)C(=O)N1CCCC1.CC(C)(C)C(=O)N1CCOCC1.CC(C)N(CC(=O)O)C(=O)C(C)(C)C.COC(=O)NC1(C(=O)C(C)(C)C)CC1. The van der Waals surface area contributed by atoms with Gasteiger partial charge in [0.1, 0.15) is 12.1 Å². The van der Waals surface area contributed by atoms with Crippen LogP contribution in [-0.4, -0.2) is 120 Å².